The molecule has 25 heteroatoms. The van der Waals surface area contributed by atoms with Crippen LogP contribution in [0, 0.1) is 17.3 Å². The quantitative estimate of drug-likeness (QED) is 0.0884. The van der Waals surface area contributed by atoms with Gasteiger partial charge in [0.25, 0.3) is 0 Å². The number of likely N-dealkylation sites (tertiary alicyclic amines) is 7. The molecule has 1 saturated carbocycles. The molecule has 2 spiro atoms. The highest BCUT2D eigenvalue weighted by molar-refractivity contribution is 5.09. The van der Waals surface area contributed by atoms with Crippen molar-refractivity contribution in [2.75, 3.05) is 282 Å². The summed E-state index contributed by atoms with van der Waals surface area (Å²) in [7, 11) is 0. The highest BCUT2D eigenvalue weighted by atomic mass is 16.5. The number of morpholine rings is 1. The van der Waals surface area contributed by atoms with Crippen molar-refractivity contribution in [3.05, 3.63) is 0 Å². The molecule has 0 radical (unpaired) electrons. The van der Waals surface area contributed by atoms with E-state index in [1.165, 1.54) is 403 Å². The van der Waals surface area contributed by atoms with Crippen molar-refractivity contribution in [3.8, 4) is 0 Å². The van der Waals surface area contributed by atoms with E-state index in [2.05, 4.69) is 314 Å². The number of hydrogen-bond acceptors (Lipinski definition) is 25. The van der Waals surface area contributed by atoms with Crippen LogP contribution in [0.2, 0.25) is 0 Å². The Morgan fingerprint density at radius 1 is 0.230 bits per heavy atom. The van der Waals surface area contributed by atoms with Crippen LogP contribution in [0.25, 0.3) is 0 Å². The van der Waals surface area contributed by atoms with E-state index in [0.717, 1.165) is 184 Å². The smallest absolute Gasteiger partial charge is 0.0594 e. The second-order valence-electron chi connectivity index (χ2n) is 53.9. The van der Waals surface area contributed by atoms with Gasteiger partial charge in [-0.1, -0.05) is 12.8 Å². The average Bonchev–Trinajstić information content (AvgIpc) is 1.61. The van der Waals surface area contributed by atoms with E-state index >= 15 is 0 Å². The van der Waals surface area contributed by atoms with Crippen LogP contribution >= 0.6 is 0 Å². The van der Waals surface area contributed by atoms with Crippen LogP contribution in [-0.2, 0) is 4.74 Å². The first-order valence-corrected chi connectivity index (χ1v) is 64.2. The van der Waals surface area contributed by atoms with E-state index in [9.17, 15) is 0 Å². The third kappa shape index (κ3) is 43.1. The van der Waals surface area contributed by atoms with E-state index in [1.807, 2.05) is 0 Å². The number of rotatable bonds is 14. The minimum Gasteiger partial charge on any atom is -0.379 e. The zero-order valence-corrected chi connectivity index (χ0v) is 103. The Morgan fingerprint density at radius 3 is 1.05 bits per heavy atom. The summed E-state index contributed by atoms with van der Waals surface area (Å²) in [6.07, 6.45) is 35.4. The van der Waals surface area contributed by atoms with Crippen LogP contribution in [0.5, 0.6) is 0 Å². The van der Waals surface area contributed by atoms with Gasteiger partial charge in [0, 0.05) is 315 Å². The number of piperazine rings is 7. The molecule has 22 aliphatic heterocycles. The summed E-state index contributed by atoms with van der Waals surface area (Å²) in [6.45, 7) is 118. The molecule has 4 bridgehead atoms. The lowest BCUT2D eigenvalue weighted by Gasteiger charge is -2.49. The Bertz CT molecular complexity index is 3140. The molecule has 148 heavy (non-hydrogen) atoms. The molecule has 870 valence electrons. The SMILES string of the molecule is CC(C)N1C2CCC1CNC2.CC(C)N1CCC1.CC(C)N1CCC2(CC1)CNC2.CC(C)N1CCC2CCNC2C1.CC(C)N1CCC2NCCCC2C1.CC(C)N1CCCC1.CC(C)N1CCCCC1.CC(C)N1CCN2CCCCC2C1.CC(C)N1CCN2CCC[C@@H]2C1.CC(C)N1CCN2CCC[C@H]2C1.CC(C)N1CCNCC1.CC(C)N1CCNCC12CC2.CC(C)N1CCOCC1.CC(C)N1C[C@@H]2C[C@H]1CN2. The lowest BCUT2D eigenvalue weighted by atomic mass is 9.73. The standard InChI is InChI=1S/2C11H22N2.4C10H20N2.2C9H18N2.C8H16N2.C8H17N.C7H16N2.C7H15NO.C7H15N.C6H13N/c1-9(2)13-7-5-11-10(8-13)4-3-6-12-11;1-10(2)13-8-7-12-6-4-3-5-11(12)9-13;1-9(2)12-5-3-10(4-6-12)7-11-8-10;1-8(2)12-6-4-9-3-5-11-10(9)7-12;2*1-9(2)12-7-6-11-5-3-4-10(11)8-12;1-7(2)11-8-3-4-9(11)6-10-5-8;1-8(2)11-6-5-10-7-9(11)3-4-9;1-6(2)10-5-7-3-8(10)4-9-7;1-8(2)9-6-4-3-5-7-9;1-7(2)9-5-3-8-4-6-9;1-7(2)8-3-5-9-6-4-8;1-7(2)8-5-3-4-6-8;1-6(2)7-4-3-5-7/h9-12H,3-8H2,1-2H3;10-11H,3-9H2,1-2H3;9,11H,3-8H2,1-2H3;8-11H,3-7H2,1-2H3;2*9-10H,3-8H2,1-2H3;7-10H,3-6H2,1-2H3;8,10H,3-7H2,1-2H3;6-9H,3-5H2,1-2H3;8H,3-7H2,1-2H3;7-8H,3-6H2,1-2H3;7H,3-6H2,1-2H3;7H,3-6H2,1-2H3;6H,3-5H2,1-2H3/t;;;;2*10-;;;7-,8-;;;;;/m....10..0...../s1. The maximum absolute atomic E-state index is 5.21. The first-order valence-electron chi connectivity index (χ1n) is 64.2. The summed E-state index contributed by atoms with van der Waals surface area (Å²) in [5, 5.41) is 24.5. The molecule has 0 aromatic carbocycles. The topological polar surface area (TPSA) is 149 Å². The highest BCUT2D eigenvalue weighted by Gasteiger charge is 2.50. The van der Waals surface area contributed by atoms with Crippen molar-refractivity contribution in [3.63, 3.8) is 0 Å². The first-order chi connectivity index (χ1) is 70.9. The summed E-state index contributed by atoms with van der Waals surface area (Å²) in [5.74, 6) is 1.92. The van der Waals surface area contributed by atoms with Gasteiger partial charge in [-0.2, -0.15) is 0 Å². The second kappa shape index (κ2) is 67.7. The molecule has 11 atom stereocenters. The van der Waals surface area contributed by atoms with Crippen molar-refractivity contribution in [2.45, 2.75) is 499 Å². The average molecular weight is 2080 g/mol. The second-order valence-corrected chi connectivity index (χ2v) is 53.9. The molecule has 23 rings (SSSR count). The Kier molecular flexibility index (Phi) is 58.9. The molecule has 23 fully saturated rings. The monoisotopic (exact) mass is 2080 g/mol. The molecule has 0 amide bonds. The van der Waals surface area contributed by atoms with Crippen molar-refractivity contribution in [2.24, 2.45) is 17.3 Å². The van der Waals surface area contributed by atoms with Crippen LogP contribution in [0.3, 0.4) is 0 Å². The molecule has 23 aliphatic rings. The summed E-state index contributed by atoms with van der Waals surface area (Å²) in [4.78, 5) is 44.2. The van der Waals surface area contributed by atoms with Gasteiger partial charge in [-0.3, -0.25) is 58.8 Å². The maximum Gasteiger partial charge on any atom is 0.0594 e. The number of nitrogens with zero attached hydrogens (tertiary/aromatic N) is 17. The number of nitrogens with one attached hydrogen (secondary N) is 7. The lowest BCUT2D eigenvalue weighted by Crippen LogP contribution is -2.58. The molecular formula is C123H252N24O. The van der Waals surface area contributed by atoms with Gasteiger partial charge in [0.1, 0.15) is 0 Å². The number of ether oxygens (including phenoxy) is 1. The van der Waals surface area contributed by atoms with Gasteiger partial charge >= 0.3 is 0 Å². The molecule has 1 aliphatic carbocycles. The van der Waals surface area contributed by atoms with Crippen molar-refractivity contribution >= 4 is 0 Å². The van der Waals surface area contributed by atoms with Gasteiger partial charge < -0.3 is 66.5 Å². The third-order valence-corrected chi connectivity index (χ3v) is 39.1. The van der Waals surface area contributed by atoms with Crippen molar-refractivity contribution in [1.82, 2.24) is 121 Å². The van der Waals surface area contributed by atoms with Gasteiger partial charge in [-0.15, -0.1) is 0 Å². The molecule has 7 unspecified atom stereocenters. The number of fused-ring (bicyclic) bond motifs is 9. The fourth-order valence-corrected chi connectivity index (χ4v) is 28.2. The number of hydrogen-bond donors (Lipinski definition) is 7. The fraction of sp³-hybridized carbons (Fsp3) is 1.00. The van der Waals surface area contributed by atoms with Crippen LogP contribution in [0.4, 0.5) is 0 Å². The summed E-state index contributed by atoms with van der Waals surface area (Å²) in [6, 6.07) is 18.1. The molecule has 0 aromatic heterocycles. The minimum atomic E-state index is 0.590. The number of piperidine rings is 6. The first kappa shape index (κ1) is 129. The van der Waals surface area contributed by atoms with Gasteiger partial charge in [0.05, 0.1) is 13.2 Å². The van der Waals surface area contributed by atoms with Crippen LogP contribution in [0.15, 0.2) is 0 Å². The van der Waals surface area contributed by atoms with Crippen molar-refractivity contribution in [1.29, 1.82) is 0 Å². The fourth-order valence-electron chi connectivity index (χ4n) is 28.2. The highest BCUT2D eigenvalue weighted by Crippen LogP contribution is 2.44. The predicted molar refractivity (Wildman–Crippen MR) is 637 cm³/mol. The molecule has 25 nitrogen and oxygen atoms in total. The lowest BCUT2D eigenvalue weighted by molar-refractivity contribution is 0.0238. The summed E-state index contributed by atoms with van der Waals surface area (Å²) >= 11 is 0. The largest absolute Gasteiger partial charge is 0.379 e. The Hall–Kier alpha value is -1.00. The van der Waals surface area contributed by atoms with Gasteiger partial charge in [0.2, 0.25) is 0 Å². The zero-order chi connectivity index (χ0) is 107. The van der Waals surface area contributed by atoms with Gasteiger partial charge in [-0.05, 0) is 457 Å². The maximum atomic E-state index is 5.21. The molecular weight excluding hydrogens is 1830 g/mol. The van der Waals surface area contributed by atoms with Gasteiger partial charge in [0.15, 0.2) is 0 Å². The summed E-state index contributed by atoms with van der Waals surface area (Å²) < 4.78 is 5.21. The minimum absolute atomic E-state index is 0.590. The van der Waals surface area contributed by atoms with Gasteiger partial charge in [-0.25, -0.2) is 0 Å². The Labute approximate surface area is 917 Å². The van der Waals surface area contributed by atoms with E-state index < -0.39 is 0 Å². The normalized spacial score (nSPS) is 31.0. The van der Waals surface area contributed by atoms with Crippen LogP contribution in [0.1, 0.15) is 354 Å². The Balaban J connectivity index is 0.000000164. The molecule has 0 aromatic rings. The van der Waals surface area contributed by atoms with E-state index in [0.29, 0.717) is 17.0 Å². The van der Waals surface area contributed by atoms with Crippen LogP contribution in [-0.4, -0.2) is 509 Å². The van der Waals surface area contributed by atoms with E-state index in [4.69, 9.17) is 4.74 Å². The third-order valence-electron chi connectivity index (χ3n) is 39.1. The van der Waals surface area contributed by atoms with E-state index in [1.54, 1.807) is 0 Å². The summed E-state index contributed by atoms with van der Waals surface area (Å²) in [5.41, 5.74) is 1.30. The molecule has 22 heterocycles. The molecule has 22 saturated heterocycles. The zero-order valence-electron chi connectivity index (χ0n) is 103. The Morgan fingerprint density at radius 2 is 0.655 bits per heavy atom. The van der Waals surface area contributed by atoms with Crippen LogP contribution < -0.4 is 37.2 Å². The van der Waals surface area contributed by atoms with E-state index in [-0.39, 0.29) is 0 Å². The predicted octanol–water partition coefficient (Wildman–Crippen LogP) is 15.1. The molecule has 7 N–H and O–H groups in total. The van der Waals surface area contributed by atoms with Crippen molar-refractivity contribution < 1.29 is 4.74 Å².